The topological polar surface area (TPSA) is 101 Å². The molecule has 1 aromatic carbocycles. The van der Waals surface area contributed by atoms with Crippen LogP contribution in [-0.4, -0.2) is 26.5 Å². The first-order valence-electron chi connectivity index (χ1n) is 5.79. The molecule has 0 fully saturated rings. The first-order chi connectivity index (χ1) is 9.58. The molecule has 0 atom stereocenters. The number of Topliss-reactive ketones (excluding diaryl/α,β-unsaturated/α-hetero) is 1. The maximum absolute atomic E-state index is 11.8. The van der Waals surface area contributed by atoms with Crippen molar-refractivity contribution in [3.8, 4) is 6.07 Å². The minimum absolute atomic E-state index is 0.0105. The van der Waals surface area contributed by atoms with Gasteiger partial charge in [-0.3, -0.25) is 9.59 Å². The molecule has 0 aliphatic heterocycles. The van der Waals surface area contributed by atoms with E-state index in [2.05, 4.69) is 15.4 Å². The van der Waals surface area contributed by atoms with Gasteiger partial charge in [-0.1, -0.05) is 12.1 Å². The molecule has 1 N–H and O–H groups in total. The minimum atomic E-state index is -0.319. The van der Waals surface area contributed by atoms with Gasteiger partial charge in [-0.15, -0.1) is 5.10 Å². The van der Waals surface area contributed by atoms with E-state index in [1.54, 1.807) is 30.3 Å². The summed E-state index contributed by atoms with van der Waals surface area (Å²) in [5.41, 5.74) is 1.05. The van der Waals surface area contributed by atoms with E-state index in [0.717, 1.165) is 0 Å². The molecule has 1 amide bonds. The summed E-state index contributed by atoms with van der Waals surface area (Å²) in [5, 5.41) is 15.0. The molecule has 100 valence electrons. The zero-order valence-electron chi connectivity index (χ0n) is 10.7. The third kappa shape index (κ3) is 3.26. The lowest BCUT2D eigenvalue weighted by molar-refractivity contribution is -0.116. The fourth-order valence-electron chi connectivity index (χ4n) is 1.59. The number of nitrogens with zero attached hydrogens (tertiary/aromatic N) is 4. The number of nitriles is 1. The number of aromatic nitrogens is 3. The van der Waals surface area contributed by atoms with Gasteiger partial charge in [0.2, 0.25) is 5.91 Å². The highest BCUT2D eigenvalue weighted by atomic mass is 16.2. The number of benzene rings is 1. The molecular formula is C13H11N5O2. The molecule has 2 rings (SSSR count). The SMILES string of the molecule is CC(=O)c1cccc(NC(=O)Cn2cnc(C#N)n2)c1. The zero-order valence-corrected chi connectivity index (χ0v) is 10.7. The Morgan fingerprint density at radius 1 is 1.45 bits per heavy atom. The summed E-state index contributed by atoms with van der Waals surface area (Å²) in [6.07, 6.45) is 1.31. The number of anilines is 1. The summed E-state index contributed by atoms with van der Waals surface area (Å²) in [6, 6.07) is 8.43. The Hall–Kier alpha value is -3.01. The van der Waals surface area contributed by atoms with Crippen molar-refractivity contribution >= 4 is 17.4 Å². The normalized spacial score (nSPS) is 9.80. The van der Waals surface area contributed by atoms with Gasteiger partial charge in [-0.05, 0) is 19.1 Å². The number of amides is 1. The van der Waals surface area contributed by atoms with Crippen LogP contribution >= 0.6 is 0 Å². The van der Waals surface area contributed by atoms with Crippen LogP contribution in [0, 0.1) is 11.3 Å². The van der Waals surface area contributed by atoms with Crippen LogP contribution in [0.5, 0.6) is 0 Å². The molecule has 0 unspecified atom stereocenters. The summed E-state index contributed by atoms with van der Waals surface area (Å²) < 4.78 is 1.27. The largest absolute Gasteiger partial charge is 0.324 e. The molecule has 2 aromatic rings. The fourth-order valence-corrected chi connectivity index (χ4v) is 1.59. The average molecular weight is 269 g/mol. The molecule has 0 saturated carbocycles. The number of rotatable bonds is 4. The van der Waals surface area contributed by atoms with E-state index >= 15 is 0 Å². The van der Waals surface area contributed by atoms with Crippen molar-refractivity contribution in [3.63, 3.8) is 0 Å². The monoisotopic (exact) mass is 269 g/mol. The lowest BCUT2D eigenvalue weighted by Crippen LogP contribution is -2.19. The summed E-state index contributed by atoms with van der Waals surface area (Å²) in [6.45, 7) is 1.40. The lowest BCUT2D eigenvalue weighted by atomic mass is 10.1. The number of hydrogen-bond acceptors (Lipinski definition) is 5. The Morgan fingerprint density at radius 2 is 2.25 bits per heavy atom. The molecule has 7 heteroatoms. The Bertz CT molecular complexity index is 699. The van der Waals surface area contributed by atoms with Crippen molar-refractivity contribution in [2.24, 2.45) is 0 Å². The van der Waals surface area contributed by atoms with E-state index < -0.39 is 0 Å². The minimum Gasteiger partial charge on any atom is -0.324 e. The van der Waals surface area contributed by atoms with Crippen LogP contribution in [0.25, 0.3) is 0 Å². The van der Waals surface area contributed by atoms with E-state index in [9.17, 15) is 9.59 Å². The summed E-state index contributed by atoms with van der Waals surface area (Å²) in [5.74, 6) is -0.382. The van der Waals surface area contributed by atoms with Crippen molar-refractivity contribution in [1.82, 2.24) is 14.8 Å². The first-order valence-corrected chi connectivity index (χ1v) is 5.79. The van der Waals surface area contributed by atoms with Crippen LogP contribution in [0.4, 0.5) is 5.69 Å². The Kier molecular flexibility index (Phi) is 3.86. The van der Waals surface area contributed by atoms with Gasteiger partial charge < -0.3 is 5.32 Å². The first kappa shape index (κ1) is 13.4. The predicted octanol–water partition coefficient (Wildman–Crippen LogP) is 0.991. The Morgan fingerprint density at radius 3 is 2.90 bits per heavy atom. The van der Waals surface area contributed by atoms with Crippen molar-refractivity contribution < 1.29 is 9.59 Å². The quantitative estimate of drug-likeness (QED) is 0.834. The van der Waals surface area contributed by atoms with Gasteiger partial charge >= 0.3 is 0 Å². The smallest absolute Gasteiger partial charge is 0.252 e. The highest BCUT2D eigenvalue weighted by Gasteiger charge is 2.07. The van der Waals surface area contributed by atoms with E-state index in [1.165, 1.54) is 17.9 Å². The average Bonchev–Trinajstić information content (AvgIpc) is 2.86. The van der Waals surface area contributed by atoms with E-state index in [0.29, 0.717) is 11.3 Å². The van der Waals surface area contributed by atoms with Crippen LogP contribution in [0.1, 0.15) is 23.1 Å². The highest BCUT2D eigenvalue weighted by molar-refractivity contribution is 5.97. The second kappa shape index (κ2) is 5.75. The highest BCUT2D eigenvalue weighted by Crippen LogP contribution is 2.11. The Balaban J connectivity index is 2.03. The second-order valence-corrected chi connectivity index (χ2v) is 4.06. The number of ketones is 1. The van der Waals surface area contributed by atoms with Crippen molar-refractivity contribution in [2.45, 2.75) is 13.5 Å². The second-order valence-electron chi connectivity index (χ2n) is 4.06. The third-order valence-corrected chi connectivity index (χ3v) is 2.49. The van der Waals surface area contributed by atoms with E-state index in [4.69, 9.17) is 5.26 Å². The number of nitrogens with one attached hydrogen (secondary N) is 1. The number of carbonyl (C=O) groups excluding carboxylic acids is 2. The fraction of sp³-hybridized carbons (Fsp3) is 0.154. The van der Waals surface area contributed by atoms with Gasteiger partial charge in [0.1, 0.15) is 18.9 Å². The lowest BCUT2D eigenvalue weighted by Gasteiger charge is -2.06. The molecular weight excluding hydrogens is 258 g/mol. The molecule has 7 nitrogen and oxygen atoms in total. The van der Waals surface area contributed by atoms with Gasteiger partial charge in [-0.2, -0.15) is 5.26 Å². The molecule has 0 spiro atoms. The van der Waals surface area contributed by atoms with E-state index in [1.807, 2.05) is 0 Å². The van der Waals surface area contributed by atoms with Crippen LogP contribution in [0.2, 0.25) is 0 Å². The van der Waals surface area contributed by atoms with Crippen LogP contribution in [-0.2, 0) is 11.3 Å². The van der Waals surface area contributed by atoms with Gasteiger partial charge in [0.25, 0.3) is 5.82 Å². The number of hydrogen-bond donors (Lipinski definition) is 1. The van der Waals surface area contributed by atoms with E-state index in [-0.39, 0.29) is 24.1 Å². The van der Waals surface area contributed by atoms with Gasteiger partial charge in [0.05, 0.1) is 0 Å². The van der Waals surface area contributed by atoms with Gasteiger partial charge in [0, 0.05) is 11.3 Å². The molecule has 20 heavy (non-hydrogen) atoms. The third-order valence-electron chi connectivity index (χ3n) is 2.49. The van der Waals surface area contributed by atoms with Gasteiger partial charge in [-0.25, -0.2) is 9.67 Å². The molecule has 1 aromatic heterocycles. The zero-order chi connectivity index (χ0) is 14.5. The predicted molar refractivity (Wildman–Crippen MR) is 69.8 cm³/mol. The molecule has 0 aliphatic carbocycles. The Labute approximate surface area is 114 Å². The summed E-state index contributed by atoms with van der Waals surface area (Å²) >= 11 is 0. The standard InChI is InChI=1S/C13H11N5O2/c1-9(19)10-3-2-4-11(5-10)16-13(20)7-18-8-15-12(6-14)17-18/h2-5,8H,7H2,1H3,(H,16,20). The molecule has 0 aliphatic rings. The van der Waals surface area contributed by atoms with Crippen molar-refractivity contribution in [1.29, 1.82) is 5.26 Å². The maximum Gasteiger partial charge on any atom is 0.252 e. The van der Waals surface area contributed by atoms with Crippen LogP contribution < -0.4 is 5.32 Å². The summed E-state index contributed by atoms with van der Waals surface area (Å²) in [7, 11) is 0. The molecule has 0 radical (unpaired) electrons. The molecule has 0 saturated heterocycles. The summed E-state index contributed by atoms with van der Waals surface area (Å²) in [4.78, 5) is 26.7. The molecule has 0 bridgehead atoms. The number of carbonyl (C=O) groups is 2. The molecule has 1 heterocycles. The van der Waals surface area contributed by atoms with Crippen molar-refractivity contribution in [3.05, 3.63) is 42.0 Å². The van der Waals surface area contributed by atoms with Gasteiger partial charge in [0.15, 0.2) is 5.78 Å². The maximum atomic E-state index is 11.8. The van der Waals surface area contributed by atoms with Crippen LogP contribution in [0.15, 0.2) is 30.6 Å². The van der Waals surface area contributed by atoms with Crippen LogP contribution in [0.3, 0.4) is 0 Å². The van der Waals surface area contributed by atoms with Crippen molar-refractivity contribution in [2.75, 3.05) is 5.32 Å².